The summed E-state index contributed by atoms with van der Waals surface area (Å²) in [5.74, 6) is 0. The van der Waals surface area contributed by atoms with Crippen molar-refractivity contribution in [3.8, 4) is 0 Å². The lowest BCUT2D eigenvalue weighted by molar-refractivity contribution is -0.188. The summed E-state index contributed by atoms with van der Waals surface area (Å²) >= 11 is 0. The van der Waals surface area contributed by atoms with Crippen LogP contribution in [0, 0.1) is 0 Å². The smallest absolute Gasteiger partial charge is 0.293 e. The number of halogens is 3. The molecule has 0 N–H and O–H groups in total. The van der Waals surface area contributed by atoms with Crippen molar-refractivity contribution in [2.75, 3.05) is 13.1 Å². The van der Waals surface area contributed by atoms with Crippen molar-refractivity contribution in [3.05, 3.63) is 0 Å². The Morgan fingerprint density at radius 3 is 1.92 bits per heavy atom. The summed E-state index contributed by atoms with van der Waals surface area (Å²) in [5, 5.41) is 0. The summed E-state index contributed by atoms with van der Waals surface area (Å²) in [6.45, 7) is 6.57. The SMILES string of the molecule is CCN(CC)C(C)OC(F)C(F)F. The zero-order chi connectivity index (χ0) is 10.4. The van der Waals surface area contributed by atoms with E-state index < -0.39 is 19.0 Å². The molecule has 0 aliphatic heterocycles. The van der Waals surface area contributed by atoms with Crippen molar-refractivity contribution < 1.29 is 17.9 Å². The van der Waals surface area contributed by atoms with Gasteiger partial charge in [0.15, 0.2) is 0 Å². The molecule has 80 valence electrons. The van der Waals surface area contributed by atoms with Crippen molar-refractivity contribution in [1.29, 1.82) is 0 Å². The molecule has 0 aromatic rings. The van der Waals surface area contributed by atoms with Gasteiger partial charge in [0.1, 0.15) is 6.23 Å². The summed E-state index contributed by atoms with van der Waals surface area (Å²) < 4.78 is 40.4. The number of ether oxygens (including phenoxy) is 1. The third-order valence-electron chi connectivity index (χ3n) is 1.85. The standard InChI is InChI=1S/C8H16F3NO/c1-4-12(5-2)6(3)13-8(11)7(9)10/h6-8H,4-5H2,1-3H3. The molecule has 0 heterocycles. The van der Waals surface area contributed by atoms with Gasteiger partial charge in [-0.25, -0.2) is 13.2 Å². The van der Waals surface area contributed by atoms with E-state index in [1.807, 2.05) is 13.8 Å². The third-order valence-corrected chi connectivity index (χ3v) is 1.85. The normalized spacial score (nSPS) is 16.6. The van der Waals surface area contributed by atoms with Gasteiger partial charge in [-0.2, -0.15) is 0 Å². The van der Waals surface area contributed by atoms with E-state index in [4.69, 9.17) is 0 Å². The molecule has 0 saturated carbocycles. The van der Waals surface area contributed by atoms with Crippen LogP contribution in [0.5, 0.6) is 0 Å². The van der Waals surface area contributed by atoms with Crippen LogP contribution in [0.2, 0.25) is 0 Å². The average molecular weight is 199 g/mol. The van der Waals surface area contributed by atoms with Gasteiger partial charge >= 0.3 is 0 Å². The molecule has 0 rings (SSSR count). The van der Waals surface area contributed by atoms with Gasteiger partial charge in [0.2, 0.25) is 0 Å². The number of alkyl halides is 3. The van der Waals surface area contributed by atoms with Gasteiger partial charge in [-0.3, -0.25) is 4.90 Å². The van der Waals surface area contributed by atoms with Gasteiger partial charge in [0.05, 0.1) is 0 Å². The zero-order valence-corrected chi connectivity index (χ0v) is 8.14. The Labute approximate surface area is 76.7 Å². The minimum atomic E-state index is -3.07. The van der Waals surface area contributed by atoms with Crippen molar-refractivity contribution >= 4 is 0 Å². The van der Waals surface area contributed by atoms with Crippen LogP contribution < -0.4 is 0 Å². The van der Waals surface area contributed by atoms with Crippen LogP contribution in [0.15, 0.2) is 0 Å². The number of nitrogens with zero attached hydrogens (tertiary/aromatic N) is 1. The first-order chi connectivity index (χ1) is 6.02. The molecule has 2 atom stereocenters. The van der Waals surface area contributed by atoms with E-state index in [0.29, 0.717) is 13.1 Å². The second kappa shape index (κ2) is 6.21. The fourth-order valence-corrected chi connectivity index (χ4v) is 1.07. The second-order valence-corrected chi connectivity index (χ2v) is 2.64. The van der Waals surface area contributed by atoms with Crippen LogP contribution in [-0.2, 0) is 4.74 Å². The molecule has 0 aromatic heterocycles. The molecular formula is C8H16F3NO. The molecule has 0 bridgehead atoms. The molecule has 2 unspecified atom stereocenters. The largest absolute Gasteiger partial charge is 0.325 e. The molecule has 0 aliphatic rings. The maximum atomic E-state index is 12.4. The van der Waals surface area contributed by atoms with Gasteiger partial charge in [0.25, 0.3) is 12.8 Å². The Kier molecular flexibility index (Phi) is 6.07. The molecular weight excluding hydrogens is 183 g/mol. The molecule has 5 heteroatoms. The van der Waals surface area contributed by atoms with Crippen molar-refractivity contribution in [1.82, 2.24) is 4.90 Å². The monoisotopic (exact) mass is 199 g/mol. The minimum absolute atomic E-state index is 0.612. The van der Waals surface area contributed by atoms with Crippen LogP contribution in [0.4, 0.5) is 13.2 Å². The van der Waals surface area contributed by atoms with E-state index in [0.717, 1.165) is 0 Å². The second-order valence-electron chi connectivity index (χ2n) is 2.64. The van der Waals surface area contributed by atoms with E-state index in [1.165, 1.54) is 0 Å². The van der Waals surface area contributed by atoms with Gasteiger partial charge < -0.3 is 4.74 Å². The third kappa shape index (κ3) is 4.47. The predicted octanol–water partition coefficient (Wildman–Crippen LogP) is 2.25. The average Bonchev–Trinajstić information content (AvgIpc) is 2.06. The molecule has 2 nitrogen and oxygen atoms in total. The van der Waals surface area contributed by atoms with Gasteiger partial charge in [-0.1, -0.05) is 13.8 Å². The summed E-state index contributed by atoms with van der Waals surface area (Å²) in [5.41, 5.74) is 0. The Hall–Kier alpha value is -0.290. The topological polar surface area (TPSA) is 12.5 Å². The summed E-state index contributed by atoms with van der Waals surface area (Å²) in [7, 11) is 0. The first-order valence-corrected chi connectivity index (χ1v) is 4.34. The molecule has 13 heavy (non-hydrogen) atoms. The predicted molar refractivity (Wildman–Crippen MR) is 44.4 cm³/mol. The minimum Gasteiger partial charge on any atom is -0.325 e. The highest BCUT2D eigenvalue weighted by molar-refractivity contribution is 4.56. The summed E-state index contributed by atoms with van der Waals surface area (Å²) in [6.07, 6.45) is -6.17. The zero-order valence-electron chi connectivity index (χ0n) is 8.14. The van der Waals surface area contributed by atoms with Gasteiger partial charge in [0, 0.05) is 0 Å². The van der Waals surface area contributed by atoms with Crippen LogP contribution >= 0.6 is 0 Å². The Bertz CT molecular complexity index is 131. The first kappa shape index (κ1) is 12.7. The quantitative estimate of drug-likeness (QED) is 0.608. The molecule has 0 fully saturated rings. The van der Waals surface area contributed by atoms with Crippen molar-refractivity contribution in [2.24, 2.45) is 0 Å². The van der Waals surface area contributed by atoms with Crippen LogP contribution in [0.25, 0.3) is 0 Å². The highest BCUT2D eigenvalue weighted by atomic mass is 19.3. The number of hydrogen-bond donors (Lipinski definition) is 0. The highest BCUT2D eigenvalue weighted by Crippen LogP contribution is 2.11. The summed E-state index contributed by atoms with van der Waals surface area (Å²) in [4.78, 5) is 1.74. The van der Waals surface area contributed by atoms with Crippen molar-refractivity contribution in [2.45, 2.75) is 39.8 Å². The van der Waals surface area contributed by atoms with E-state index >= 15 is 0 Å². The molecule has 0 saturated heterocycles. The van der Waals surface area contributed by atoms with Crippen LogP contribution in [-0.4, -0.2) is 37.0 Å². The fourth-order valence-electron chi connectivity index (χ4n) is 1.07. The van der Waals surface area contributed by atoms with E-state index in [-0.39, 0.29) is 0 Å². The number of rotatable bonds is 6. The van der Waals surface area contributed by atoms with Gasteiger partial charge in [-0.05, 0) is 20.0 Å². The molecule has 0 amide bonds. The number of hydrogen-bond acceptors (Lipinski definition) is 2. The maximum Gasteiger partial charge on any atom is 0.293 e. The van der Waals surface area contributed by atoms with Crippen molar-refractivity contribution in [3.63, 3.8) is 0 Å². The van der Waals surface area contributed by atoms with Crippen LogP contribution in [0.1, 0.15) is 20.8 Å². The Morgan fingerprint density at radius 1 is 1.15 bits per heavy atom. The molecule has 0 radical (unpaired) electrons. The Morgan fingerprint density at radius 2 is 1.62 bits per heavy atom. The van der Waals surface area contributed by atoms with E-state index in [2.05, 4.69) is 4.74 Å². The summed E-state index contributed by atoms with van der Waals surface area (Å²) in [6, 6.07) is 0. The van der Waals surface area contributed by atoms with Crippen LogP contribution in [0.3, 0.4) is 0 Å². The first-order valence-electron chi connectivity index (χ1n) is 4.34. The fraction of sp³-hybridized carbons (Fsp3) is 1.00. The lowest BCUT2D eigenvalue weighted by atomic mass is 10.4. The van der Waals surface area contributed by atoms with E-state index in [9.17, 15) is 13.2 Å². The molecule has 0 spiro atoms. The van der Waals surface area contributed by atoms with E-state index in [1.54, 1.807) is 11.8 Å². The van der Waals surface area contributed by atoms with Gasteiger partial charge in [-0.15, -0.1) is 0 Å². The lowest BCUT2D eigenvalue weighted by Crippen LogP contribution is -2.38. The Balaban J connectivity index is 3.89. The molecule has 0 aliphatic carbocycles. The molecule has 0 aromatic carbocycles. The lowest BCUT2D eigenvalue weighted by Gasteiger charge is -2.27. The maximum absolute atomic E-state index is 12.4. The highest BCUT2D eigenvalue weighted by Gasteiger charge is 2.24.